The smallest absolute Gasteiger partial charge is 0.250 e. The van der Waals surface area contributed by atoms with Crippen molar-refractivity contribution in [3.8, 4) is 0 Å². The third kappa shape index (κ3) is 5.06. The molecule has 0 spiro atoms. The molecular formula is C17H18ClNO4S. The Morgan fingerprint density at radius 1 is 1.21 bits per heavy atom. The molecule has 0 aliphatic carbocycles. The minimum Gasteiger partial charge on any atom is -0.367 e. The van der Waals surface area contributed by atoms with Gasteiger partial charge in [-0.2, -0.15) is 0 Å². The second-order valence-corrected chi connectivity index (χ2v) is 7.80. The number of ether oxygens (including phenoxy) is 1. The molecule has 7 heteroatoms. The molecule has 0 aliphatic heterocycles. The maximum absolute atomic E-state index is 12.0. The zero-order chi connectivity index (χ0) is 17.7. The molecule has 0 saturated carbocycles. The monoisotopic (exact) mass is 367 g/mol. The van der Waals surface area contributed by atoms with E-state index in [2.05, 4.69) is 5.32 Å². The number of carbonyl (C=O) groups excluding carboxylic acids is 1. The summed E-state index contributed by atoms with van der Waals surface area (Å²) in [6.07, 6.45) is 1.12. The van der Waals surface area contributed by atoms with Crippen LogP contribution in [0, 0.1) is 6.92 Å². The third-order valence-electron chi connectivity index (χ3n) is 3.36. The van der Waals surface area contributed by atoms with Gasteiger partial charge in [-0.05, 0) is 36.2 Å². The van der Waals surface area contributed by atoms with Crippen molar-refractivity contribution >= 4 is 33.0 Å². The first kappa shape index (κ1) is 18.4. The Balaban J connectivity index is 1.96. The first-order chi connectivity index (χ1) is 11.3. The van der Waals surface area contributed by atoms with Gasteiger partial charge in [-0.3, -0.25) is 4.79 Å². The third-order valence-corrected chi connectivity index (χ3v) is 4.84. The number of rotatable bonds is 6. The van der Waals surface area contributed by atoms with E-state index < -0.39 is 9.84 Å². The maximum Gasteiger partial charge on any atom is 0.250 e. The largest absolute Gasteiger partial charge is 0.367 e. The topological polar surface area (TPSA) is 72.5 Å². The number of nitrogens with one attached hydrogen (secondary N) is 1. The van der Waals surface area contributed by atoms with Crippen molar-refractivity contribution in [1.29, 1.82) is 0 Å². The molecule has 0 fully saturated rings. The predicted molar refractivity (Wildman–Crippen MR) is 94.0 cm³/mol. The summed E-state index contributed by atoms with van der Waals surface area (Å²) in [5.41, 5.74) is 2.01. The SMILES string of the molecule is Cc1ccc(S(C)(=O)=O)cc1NC(=O)COCc1ccccc1Cl. The van der Waals surface area contributed by atoms with Crippen LogP contribution in [-0.4, -0.2) is 27.2 Å². The fourth-order valence-electron chi connectivity index (χ4n) is 2.02. The number of sulfone groups is 1. The second kappa shape index (κ2) is 7.79. The number of hydrogen-bond acceptors (Lipinski definition) is 4. The second-order valence-electron chi connectivity index (χ2n) is 5.38. The zero-order valence-corrected chi connectivity index (χ0v) is 14.9. The van der Waals surface area contributed by atoms with Crippen LogP contribution in [-0.2, 0) is 26.0 Å². The Morgan fingerprint density at radius 3 is 2.58 bits per heavy atom. The van der Waals surface area contributed by atoms with E-state index in [9.17, 15) is 13.2 Å². The standard InChI is InChI=1S/C17H18ClNO4S/c1-12-7-8-14(24(2,21)22)9-16(12)19-17(20)11-23-10-13-5-3-4-6-15(13)18/h3-9H,10-11H2,1-2H3,(H,19,20). The summed E-state index contributed by atoms with van der Waals surface area (Å²) in [5.74, 6) is -0.365. The molecule has 0 radical (unpaired) electrons. The molecule has 2 rings (SSSR count). The summed E-state index contributed by atoms with van der Waals surface area (Å²) in [6.45, 7) is 1.84. The Bertz CT molecular complexity index is 849. The quantitative estimate of drug-likeness (QED) is 0.850. The molecule has 0 aromatic heterocycles. The molecule has 128 valence electrons. The summed E-state index contributed by atoms with van der Waals surface area (Å²) in [5, 5.41) is 3.24. The lowest BCUT2D eigenvalue weighted by Crippen LogP contribution is -2.19. The van der Waals surface area contributed by atoms with Crippen LogP contribution >= 0.6 is 11.6 Å². The Morgan fingerprint density at radius 2 is 1.92 bits per heavy atom. The van der Waals surface area contributed by atoms with Crippen molar-refractivity contribution in [2.24, 2.45) is 0 Å². The normalized spacial score (nSPS) is 11.3. The van der Waals surface area contributed by atoms with E-state index in [0.717, 1.165) is 17.4 Å². The lowest BCUT2D eigenvalue weighted by atomic mass is 10.2. The summed E-state index contributed by atoms with van der Waals surface area (Å²) in [4.78, 5) is 12.1. The maximum atomic E-state index is 12.0. The highest BCUT2D eigenvalue weighted by atomic mass is 35.5. The fourth-order valence-corrected chi connectivity index (χ4v) is 2.86. The van der Waals surface area contributed by atoms with Crippen molar-refractivity contribution in [3.05, 3.63) is 58.6 Å². The Hall–Kier alpha value is -1.89. The molecule has 5 nitrogen and oxygen atoms in total. The first-order valence-corrected chi connectivity index (χ1v) is 9.46. The minimum atomic E-state index is -3.33. The molecule has 0 unspecified atom stereocenters. The van der Waals surface area contributed by atoms with Crippen molar-refractivity contribution in [1.82, 2.24) is 0 Å². The number of carbonyl (C=O) groups is 1. The van der Waals surface area contributed by atoms with Gasteiger partial charge in [-0.1, -0.05) is 35.9 Å². The summed E-state index contributed by atoms with van der Waals surface area (Å²) in [6, 6.07) is 11.8. The van der Waals surface area contributed by atoms with E-state index in [1.165, 1.54) is 12.1 Å². The summed E-state index contributed by atoms with van der Waals surface area (Å²) in [7, 11) is -3.33. The summed E-state index contributed by atoms with van der Waals surface area (Å²) < 4.78 is 28.5. The van der Waals surface area contributed by atoms with Crippen LogP contribution in [0.2, 0.25) is 5.02 Å². The highest BCUT2D eigenvalue weighted by Crippen LogP contribution is 2.20. The van der Waals surface area contributed by atoms with Gasteiger partial charge in [-0.25, -0.2) is 8.42 Å². The van der Waals surface area contributed by atoms with Gasteiger partial charge < -0.3 is 10.1 Å². The van der Waals surface area contributed by atoms with Gasteiger partial charge in [0.1, 0.15) is 6.61 Å². The van der Waals surface area contributed by atoms with Crippen molar-refractivity contribution in [2.45, 2.75) is 18.4 Å². The molecule has 0 heterocycles. The van der Waals surface area contributed by atoms with E-state index in [1.807, 2.05) is 18.2 Å². The number of amides is 1. The van der Waals surface area contributed by atoms with Gasteiger partial charge in [0.05, 0.1) is 11.5 Å². The number of halogens is 1. The number of hydrogen-bond donors (Lipinski definition) is 1. The van der Waals surface area contributed by atoms with Crippen LogP contribution in [0.15, 0.2) is 47.4 Å². The number of aryl methyl sites for hydroxylation is 1. The van der Waals surface area contributed by atoms with E-state index >= 15 is 0 Å². The van der Waals surface area contributed by atoms with Gasteiger partial charge in [-0.15, -0.1) is 0 Å². The Kier molecular flexibility index (Phi) is 5.99. The highest BCUT2D eigenvalue weighted by molar-refractivity contribution is 7.90. The van der Waals surface area contributed by atoms with Crippen LogP contribution in [0.25, 0.3) is 0 Å². The van der Waals surface area contributed by atoms with E-state index in [1.54, 1.807) is 19.1 Å². The molecule has 2 aromatic carbocycles. The minimum absolute atomic E-state index is 0.153. The molecule has 24 heavy (non-hydrogen) atoms. The van der Waals surface area contributed by atoms with E-state index in [0.29, 0.717) is 10.7 Å². The highest BCUT2D eigenvalue weighted by Gasteiger charge is 2.11. The molecule has 2 aromatic rings. The van der Waals surface area contributed by atoms with E-state index in [4.69, 9.17) is 16.3 Å². The lowest BCUT2D eigenvalue weighted by molar-refractivity contribution is -0.121. The Labute approximate surface area is 146 Å². The molecule has 0 atom stereocenters. The van der Waals surface area contributed by atoms with Crippen molar-refractivity contribution < 1.29 is 17.9 Å². The lowest BCUT2D eigenvalue weighted by Gasteiger charge is -2.11. The van der Waals surface area contributed by atoms with Crippen LogP contribution in [0.1, 0.15) is 11.1 Å². The summed E-state index contributed by atoms with van der Waals surface area (Å²) >= 11 is 6.01. The molecule has 1 N–H and O–H groups in total. The van der Waals surface area contributed by atoms with Crippen LogP contribution in [0.3, 0.4) is 0 Å². The fraction of sp³-hybridized carbons (Fsp3) is 0.235. The van der Waals surface area contributed by atoms with Crippen molar-refractivity contribution in [2.75, 3.05) is 18.2 Å². The predicted octanol–water partition coefficient (Wildman–Crippen LogP) is 3.21. The van der Waals surface area contributed by atoms with E-state index in [-0.39, 0.29) is 24.0 Å². The first-order valence-electron chi connectivity index (χ1n) is 7.19. The molecule has 0 bridgehead atoms. The van der Waals surface area contributed by atoms with Crippen LogP contribution < -0.4 is 5.32 Å². The zero-order valence-electron chi connectivity index (χ0n) is 13.4. The number of anilines is 1. The average Bonchev–Trinajstić information content (AvgIpc) is 2.50. The van der Waals surface area contributed by atoms with Gasteiger partial charge in [0.2, 0.25) is 5.91 Å². The van der Waals surface area contributed by atoms with Gasteiger partial charge >= 0.3 is 0 Å². The van der Waals surface area contributed by atoms with Gasteiger partial charge in [0.25, 0.3) is 0 Å². The number of benzene rings is 2. The van der Waals surface area contributed by atoms with Crippen LogP contribution in [0.5, 0.6) is 0 Å². The molecule has 0 aliphatic rings. The van der Waals surface area contributed by atoms with Gasteiger partial charge in [0.15, 0.2) is 9.84 Å². The van der Waals surface area contributed by atoms with Crippen molar-refractivity contribution in [3.63, 3.8) is 0 Å². The molecule has 1 amide bonds. The van der Waals surface area contributed by atoms with Crippen LogP contribution in [0.4, 0.5) is 5.69 Å². The van der Waals surface area contributed by atoms with Gasteiger partial charge in [0, 0.05) is 17.0 Å². The molecular weight excluding hydrogens is 350 g/mol. The average molecular weight is 368 g/mol. The molecule has 0 saturated heterocycles.